The van der Waals surface area contributed by atoms with Crippen molar-refractivity contribution in [1.82, 2.24) is 26.6 Å². The third-order valence-electron chi connectivity index (χ3n) is 6.81. The molecule has 0 saturated carbocycles. The molecule has 20 heteroatoms. The molecule has 0 saturated heterocycles. The van der Waals surface area contributed by atoms with Crippen LogP contribution in [-0.4, -0.2) is 116 Å². The van der Waals surface area contributed by atoms with Crippen LogP contribution in [0.1, 0.15) is 73.1 Å². The molecule has 7 unspecified atom stereocenters. The van der Waals surface area contributed by atoms with Gasteiger partial charge in [-0.25, -0.2) is 4.79 Å². The highest BCUT2D eigenvalue weighted by Gasteiger charge is 2.35. The van der Waals surface area contributed by atoms with Gasteiger partial charge in [0.05, 0.1) is 18.9 Å². The fourth-order valence-electron chi connectivity index (χ4n) is 4.30. The lowest BCUT2D eigenvalue weighted by atomic mass is 10.00. The minimum atomic E-state index is -1.89. The number of rotatable bonds is 23. The van der Waals surface area contributed by atoms with E-state index in [1.807, 2.05) is 0 Å². The lowest BCUT2D eigenvalue weighted by molar-refractivity contribution is -0.143. The largest absolute Gasteiger partial charge is 0.481 e. The number of hydrogen-bond donors (Lipinski definition) is 11. The van der Waals surface area contributed by atoms with E-state index in [4.69, 9.17) is 16.6 Å². The molecule has 13 N–H and O–H groups in total. The number of aliphatic hydroxyl groups is 1. The number of aliphatic hydroxyl groups excluding tert-OH is 1. The fourth-order valence-corrected chi connectivity index (χ4v) is 4.30. The number of carboxylic acids is 3. The molecule has 6 amide bonds. The van der Waals surface area contributed by atoms with Gasteiger partial charge in [0.15, 0.2) is 0 Å². The maximum atomic E-state index is 13.3. The molecular weight excluding hydrogens is 654 g/mol. The fraction of sp³-hybridized carbons (Fsp3) is 0.690. The van der Waals surface area contributed by atoms with Crippen LogP contribution in [0.25, 0.3) is 0 Å². The number of hydrogen-bond acceptors (Lipinski definition) is 11. The maximum absolute atomic E-state index is 13.3. The van der Waals surface area contributed by atoms with E-state index in [2.05, 4.69) is 26.6 Å². The van der Waals surface area contributed by atoms with Crippen molar-refractivity contribution in [2.24, 2.45) is 23.3 Å². The Balaban J connectivity index is 6.21. The first-order chi connectivity index (χ1) is 22.5. The molecule has 0 spiro atoms. The first kappa shape index (κ1) is 44.1. The second-order valence-electron chi connectivity index (χ2n) is 12.4. The number of amides is 6. The van der Waals surface area contributed by atoms with E-state index < -0.39 is 121 Å². The van der Waals surface area contributed by atoms with E-state index in [1.165, 1.54) is 6.92 Å². The van der Waals surface area contributed by atoms with Crippen molar-refractivity contribution >= 4 is 53.4 Å². The van der Waals surface area contributed by atoms with Crippen LogP contribution in [0.4, 0.5) is 0 Å². The Hall–Kier alpha value is -4.85. The number of carbonyl (C=O) groups excluding carboxylic acids is 6. The predicted octanol–water partition coefficient (Wildman–Crippen LogP) is -3.49. The summed E-state index contributed by atoms with van der Waals surface area (Å²) in [5.74, 6) is -11.3. The van der Waals surface area contributed by atoms with Gasteiger partial charge in [0.25, 0.3) is 0 Å². The number of primary amides is 1. The Morgan fingerprint density at radius 3 is 1.35 bits per heavy atom. The quantitative estimate of drug-likeness (QED) is 0.0492. The molecular formula is C29H49N7O13. The summed E-state index contributed by atoms with van der Waals surface area (Å²) in [4.78, 5) is 111. The molecule has 0 aliphatic rings. The van der Waals surface area contributed by atoms with E-state index in [0.29, 0.717) is 0 Å². The summed E-state index contributed by atoms with van der Waals surface area (Å²) >= 11 is 0. The Labute approximate surface area is 282 Å². The van der Waals surface area contributed by atoms with Gasteiger partial charge in [0, 0.05) is 6.42 Å². The molecule has 0 fully saturated rings. The molecule has 7 atom stereocenters. The van der Waals surface area contributed by atoms with Crippen molar-refractivity contribution in [3.05, 3.63) is 0 Å². The normalized spacial score (nSPS) is 15.4. The smallest absolute Gasteiger partial charge is 0.326 e. The first-order valence-electron chi connectivity index (χ1n) is 15.5. The summed E-state index contributed by atoms with van der Waals surface area (Å²) in [5.41, 5.74) is 10.8. The lowest BCUT2D eigenvalue weighted by Gasteiger charge is -2.27. The standard InChI is InChI=1S/C29H49N7O13/c1-12(2)8-16(25(44)36-19(29(48)49)9-13(3)4)33-27(46)18(11-22(41)42)35-26(45)17(10-20(30)38)34-24(43)15(6-7-21(39)40)32-28(47)23(31)14(5)37/h12-19,23,37H,6-11,31H2,1-5H3,(H2,30,38)(H,32,47)(H,33,46)(H,34,43)(H,35,45)(H,36,44)(H,39,40)(H,41,42)(H,48,49). The Bertz CT molecular complexity index is 1220. The second-order valence-corrected chi connectivity index (χ2v) is 12.4. The topological polar surface area (TPSA) is 347 Å². The maximum Gasteiger partial charge on any atom is 0.326 e. The van der Waals surface area contributed by atoms with Crippen molar-refractivity contribution in [3.8, 4) is 0 Å². The van der Waals surface area contributed by atoms with Gasteiger partial charge in [0.2, 0.25) is 35.4 Å². The second kappa shape index (κ2) is 21.2. The molecule has 278 valence electrons. The Morgan fingerprint density at radius 1 is 0.551 bits per heavy atom. The van der Waals surface area contributed by atoms with E-state index >= 15 is 0 Å². The van der Waals surface area contributed by atoms with Crippen LogP contribution < -0.4 is 38.1 Å². The van der Waals surface area contributed by atoms with Crippen molar-refractivity contribution in [2.45, 2.75) is 115 Å². The number of carboxylic acid groups (broad SMARTS) is 3. The van der Waals surface area contributed by atoms with Crippen LogP contribution in [0.3, 0.4) is 0 Å². The van der Waals surface area contributed by atoms with Gasteiger partial charge in [-0.05, 0) is 38.0 Å². The van der Waals surface area contributed by atoms with Crippen molar-refractivity contribution < 1.29 is 63.6 Å². The number of aliphatic carboxylic acids is 3. The zero-order valence-electron chi connectivity index (χ0n) is 28.1. The zero-order chi connectivity index (χ0) is 38.2. The van der Waals surface area contributed by atoms with Gasteiger partial charge in [-0.2, -0.15) is 0 Å². The van der Waals surface area contributed by atoms with Crippen molar-refractivity contribution in [3.63, 3.8) is 0 Å². The molecule has 0 aromatic heterocycles. The average Bonchev–Trinajstić information content (AvgIpc) is 2.95. The summed E-state index contributed by atoms with van der Waals surface area (Å²) in [6.45, 7) is 8.06. The van der Waals surface area contributed by atoms with Gasteiger partial charge >= 0.3 is 17.9 Å². The molecule has 0 heterocycles. The number of carbonyl (C=O) groups is 9. The minimum absolute atomic E-state index is 0.0120. The van der Waals surface area contributed by atoms with E-state index in [-0.39, 0.29) is 24.7 Å². The molecule has 0 aromatic rings. The van der Waals surface area contributed by atoms with Crippen LogP contribution in [0.2, 0.25) is 0 Å². The van der Waals surface area contributed by atoms with Crippen LogP contribution in [0.15, 0.2) is 0 Å². The molecule has 0 aliphatic heterocycles. The van der Waals surface area contributed by atoms with Gasteiger partial charge in [0.1, 0.15) is 36.3 Å². The predicted molar refractivity (Wildman–Crippen MR) is 169 cm³/mol. The number of nitrogens with one attached hydrogen (secondary N) is 5. The Kier molecular flexibility index (Phi) is 19.1. The third kappa shape index (κ3) is 17.8. The summed E-state index contributed by atoms with van der Waals surface area (Å²) < 4.78 is 0. The molecule has 0 radical (unpaired) electrons. The molecule has 0 rings (SSSR count). The molecule has 0 aromatic carbocycles. The highest BCUT2D eigenvalue weighted by molar-refractivity contribution is 5.98. The molecule has 0 bridgehead atoms. The van der Waals surface area contributed by atoms with Crippen LogP contribution in [0, 0.1) is 11.8 Å². The number of nitrogens with two attached hydrogens (primary N) is 2. The van der Waals surface area contributed by atoms with Crippen LogP contribution >= 0.6 is 0 Å². The molecule has 0 aliphatic carbocycles. The van der Waals surface area contributed by atoms with Gasteiger partial charge in [-0.3, -0.25) is 38.4 Å². The summed E-state index contributed by atoms with van der Waals surface area (Å²) in [5, 5.41) is 48.6. The first-order valence-corrected chi connectivity index (χ1v) is 15.5. The lowest BCUT2D eigenvalue weighted by Crippen LogP contribution is -2.60. The van der Waals surface area contributed by atoms with Crippen molar-refractivity contribution in [2.75, 3.05) is 0 Å². The van der Waals surface area contributed by atoms with E-state index in [0.717, 1.165) is 0 Å². The Morgan fingerprint density at radius 2 is 0.939 bits per heavy atom. The monoisotopic (exact) mass is 703 g/mol. The van der Waals surface area contributed by atoms with Gasteiger partial charge in [-0.15, -0.1) is 0 Å². The van der Waals surface area contributed by atoms with E-state index in [9.17, 15) is 58.5 Å². The minimum Gasteiger partial charge on any atom is -0.481 e. The van der Waals surface area contributed by atoms with E-state index in [1.54, 1.807) is 27.7 Å². The van der Waals surface area contributed by atoms with Crippen molar-refractivity contribution in [1.29, 1.82) is 0 Å². The highest BCUT2D eigenvalue weighted by atomic mass is 16.4. The van der Waals surface area contributed by atoms with Crippen LogP contribution in [-0.2, 0) is 43.2 Å². The molecule has 49 heavy (non-hydrogen) atoms. The third-order valence-corrected chi connectivity index (χ3v) is 6.81. The molecule has 20 nitrogen and oxygen atoms in total. The van der Waals surface area contributed by atoms with Gasteiger partial charge < -0.3 is 58.5 Å². The zero-order valence-corrected chi connectivity index (χ0v) is 28.1. The summed E-state index contributed by atoms with van der Waals surface area (Å²) in [7, 11) is 0. The highest BCUT2D eigenvalue weighted by Crippen LogP contribution is 2.10. The SMILES string of the molecule is CC(C)CC(NC(=O)C(CC(C)C)NC(=O)C(CC(=O)O)NC(=O)C(CC(N)=O)NC(=O)C(CCC(=O)O)NC(=O)C(N)C(C)O)C(=O)O. The van der Waals surface area contributed by atoms with Crippen LogP contribution in [0.5, 0.6) is 0 Å². The average molecular weight is 704 g/mol. The summed E-state index contributed by atoms with van der Waals surface area (Å²) in [6.07, 6.45) is -4.40. The summed E-state index contributed by atoms with van der Waals surface area (Å²) in [6, 6.07) is -9.58. The van der Waals surface area contributed by atoms with Gasteiger partial charge in [-0.1, -0.05) is 27.7 Å².